The third kappa shape index (κ3) is 4.35. The normalized spacial score (nSPS) is 11.8. The van der Waals surface area contributed by atoms with Crippen LogP contribution in [0.3, 0.4) is 0 Å². The summed E-state index contributed by atoms with van der Waals surface area (Å²) < 4.78 is 27.2. The zero-order chi connectivity index (χ0) is 14.4. The highest BCUT2D eigenvalue weighted by atomic mass is 32.2. The number of nitrogens with zero attached hydrogens (tertiary/aromatic N) is 1. The van der Waals surface area contributed by atoms with Crippen molar-refractivity contribution in [2.45, 2.75) is 30.6 Å². The summed E-state index contributed by atoms with van der Waals surface area (Å²) in [6.45, 7) is 4.02. The van der Waals surface area contributed by atoms with Gasteiger partial charge in [0, 0.05) is 24.2 Å². The molecule has 0 aliphatic carbocycles. The van der Waals surface area contributed by atoms with Gasteiger partial charge in [0.15, 0.2) is 0 Å². The van der Waals surface area contributed by atoms with Crippen LogP contribution in [-0.2, 0) is 23.1 Å². The van der Waals surface area contributed by atoms with Crippen LogP contribution >= 0.6 is 22.7 Å². The first kappa shape index (κ1) is 15.6. The summed E-state index contributed by atoms with van der Waals surface area (Å²) in [5, 5.41) is 5.13. The van der Waals surface area contributed by atoms with Gasteiger partial charge in [0.05, 0.1) is 5.51 Å². The second kappa shape index (κ2) is 7.28. The van der Waals surface area contributed by atoms with E-state index in [-0.39, 0.29) is 6.54 Å². The number of nitrogens with one attached hydrogen (secondary N) is 2. The van der Waals surface area contributed by atoms with E-state index >= 15 is 0 Å². The topological polar surface area (TPSA) is 71.1 Å². The average Bonchev–Trinajstić information content (AvgIpc) is 3.08. The average molecular weight is 331 g/mol. The number of thiophene rings is 1. The van der Waals surface area contributed by atoms with Gasteiger partial charge in [-0.3, -0.25) is 4.98 Å². The Hall–Kier alpha value is -0.800. The molecule has 2 heterocycles. The molecule has 0 atom stereocenters. The lowest BCUT2D eigenvalue weighted by Gasteiger charge is -2.02. The Morgan fingerprint density at radius 1 is 1.30 bits per heavy atom. The lowest BCUT2D eigenvalue weighted by atomic mass is 10.3. The minimum Gasteiger partial charge on any atom is -0.313 e. The maximum absolute atomic E-state index is 12.1. The first-order chi connectivity index (χ1) is 9.62. The van der Waals surface area contributed by atoms with E-state index in [1.165, 1.54) is 22.7 Å². The van der Waals surface area contributed by atoms with E-state index in [1.807, 2.05) is 5.38 Å². The van der Waals surface area contributed by atoms with Gasteiger partial charge in [-0.05, 0) is 30.0 Å². The van der Waals surface area contributed by atoms with Crippen LogP contribution in [0.1, 0.15) is 23.8 Å². The van der Waals surface area contributed by atoms with E-state index in [9.17, 15) is 8.42 Å². The minimum atomic E-state index is -3.43. The molecule has 0 fully saturated rings. The van der Waals surface area contributed by atoms with Crippen LogP contribution in [0, 0.1) is 0 Å². The third-order valence-corrected chi connectivity index (χ3v) is 6.24. The van der Waals surface area contributed by atoms with Crippen molar-refractivity contribution < 1.29 is 8.42 Å². The van der Waals surface area contributed by atoms with Gasteiger partial charge in [-0.1, -0.05) is 6.92 Å². The monoisotopic (exact) mass is 331 g/mol. The molecule has 0 unspecified atom stereocenters. The van der Waals surface area contributed by atoms with E-state index in [4.69, 9.17) is 0 Å². The summed E-state index contributed by atoms with van der Waals surface area (Å²) in [4.78, 5) is 4.82. The van der Waals surface area contributed by atoms with Crippen molar-refractivity contribution in [3.05, 3.63) is 33.6 Å². The predicted octanol–water partition coefficient (Wildman–Crippen LogP) is 2.18. The highest BCUT2D eigenvalue weighted by molar-refractivity contribution is 7.91. The standard InChI is InChI=1S/C12H17N3O2S3/c1-2-3-13-5-10-4-12(18-8-10)20(16,17)15-7-11-6-14-9-19-11/h4,6,8-9,13,15H,2-3,5,7H2,1H3. The zero-order valence-corrected chi connectivity index (χ0v) is 13.6. The van der Waals surface area contributed by atoms with Crippen molar-refractivity contribution in [3.8, 4) is 0 Å². The Balaban J connectivity index is 1.95. The molecule has 2 rings (SSSR count). The van der Waals surface area contributed by atoms with E-state index in [2.05, 4.69) is 21.9 Å². The Bertz CT molecular complexity index is 620. The Morgan fingerprint density at radius 2 is 2.15 bits per heavy atom. The fraction of sp³-hybridized carbons (Fsp3) is 0.417. The lowest BCUT2D eigenvalue weighted by Crippen LogP contribution is -2.22. The number of hydrogen-bond donors (Lipinski definition) is 2. The SMILES string of the molecule is CCCNCc1csc(S(=O)(=O)NCc2cncs2)c1. The van der Waals surface area contributed by atoms with Crippen LogP contribution in [0.25, 0.3) is 0 Å². The van der Waals surface area contributed by atoms with Crippen LogP contribution in [0.15, 0.2) is 27.4 Å². The van der Waals surface area contributed by atoms with Crippen LogP contribution in [-0.4, -0.2) is 19.9 Å². The molecular formula is C12H17N3O2S3. The molecule has 0 aliphatic rings. The number of thiazole rings is 1. The molecule has 0 radical (unpaired) electrons. The molecule has 0 bridgehead atoms. The first-order valence-corrected chi connectivity index (χ1v) is 9.51. The highest BCUT2D eigenvalue weighted by Gasteiger charge is 2.16. The van der Waals surface area contributed by atoms with E-state index in [1.54, 1.807) is 17.8 Å². The first-order valence-electron chi connectivity index (χ1n) is 6.27. The van der Waals surface area contributed by atoms with Crippen molar-refractivity contribution in [3.63, 3.8) is 0 Å². The Morgan fingerprint density at radius 3 is 2.85 bits per heavy atom. The fourth-order valence-electron chi connectivity index (χ4n) is 1.56. The van der Waals surface area contributed by atoms with Crippen LogP contribution in [0.5, 0.6) is 0 Å². The molecule has 0 aliphatic heterocycles. The van der Waals surface area contributed by atoms with Gasteiger partial charge in [-0.15, -0.1) is 22.7 Å². The van der Waals surface area contributed by atoms with Crippen LogP contribution in [0.4, 0.5) is 0 Å². The summed E-state index contributed by atoms with van der Waals surface area (Å²) in [5.74, 6) is 0. The molecule has 0 aromatic carbocycles. The summed E-state index contributed by atoms with van der Waals surface area (Å²) in [7, 11) is -3.43. The van der Waals surface area contributed by atoms with Crippen LogP contribution < -0.4 is 10.0 Å². The third-order valence-electron chi connectivity index (χ3n) is 2.57. The zero-order valence-electron chi connectivity index (χ0n) is 11.1. The number of sulfonamides is 1. The van der Waals surface area contributed by atoms with Crippen LogP contribution in [0.2, 0.25) is 0 Å². The molecule has 0 saturated heterocycles. The van der Waals surface area contributed by atoms with E-state index in [0.29, 0.717) is 10.8 Å². The van der Waals surface area contributed by atoms with Crippen molar-refractivity contribution >= 4 is 32.7 Å². The van der Waals surface area contributed by atoms with E-state index < -0.39 is 10.0 Å². The van der Waals surface area contributed by atoms with Crippen molar-refractivity contribution in [2.75, 3.05) is 6.54 Å². The lowest BCUT2D eigenvalue weighted by molar-refractivity contribution is 0.583. The molecule has 20 heavy (non-hydrogen) atoms. The highest BCUT2D eigenvalue weighted by Crippen LogP contribution is 2.20. The molecular weight excluding hydrogens is 314 g/mol. The second-order valence-corrected chi connectivity index (χ2v) is 8.12. The molecule has 0 spiro atoms. The summed E-state index contributed by atoms with van der Waals surface area (Å²) in [6.07, 6.45) is 2.73. The molecule has 5 nitrogen and oxygen atoms in total. The molecule has 0 saturated carbocycles. The second-order valence-electron chi connectivity index (χ2n) is 4.24. The quantitative estimate of drug-likeness (QED) is 0.727. The molecule has 8 heteroatoms. The Kier molecular flexibility index (Phi) is 5.67. The van der Waals surface area contributed by atoms with E-state index in [0.717, 1.165) is 23.4 Å². The van der Waals surface area contributed by atoms with Gasteiger partial charge in [0.2, 0.25) is 10.0 Å². The molecule has 110 valence electrons. The number of aromatic nitrogens is 1. The molecule has 0 amide bonds. The number of hydrogen-bond acceptors (Lipinski definition) is 6. The van der Waals surface area contributed by atoms with Gasteiger partial charge < -0.3 is 5.32 Å². The summed E-state index contributed by atoms with van der Waals surface area (Å²) in [6, 6.07) is 1.72. The van der Waals surface area contributed by atoms with Crippen molar-refractivity contribution in [1.29, 1.82) is 0 Å². The molecule has 2 aromatic heterocycles. The minimum absolute atomic E-state index is 0.286. The predicted molar refractivity (Wildman–Crippen MR) is 82.5 cm³/mol. The van der Waals surface area contributed by atoms with Crippen molar-refractivity contribution in [1.82, 2.24) is 15.0 Å². The smallest absolute Gasteiger partial charge is 0.250 e. The van der Waals surface area contributed by atoms with Gasteiger partial charge in [0.1, 0.15) is 4.21 Å². The summed E-state index contributed by atoms with van der Waals surface area (Å²) >= 11 is 2.68. The summed E-state index contributed by atoms with van der Waals surface area (Å²) in [5.41, 5.74) is 2.69. The molecule has 2 N–H and O–H groups in total. The maximum atomic E-state index is 12.1. The van der Waals surface area contributed by atoms with Gasteiger partial charge in [0.25, 0.3) is 0 Å². The van der Waals surface area contributed by atoms with Gasteiger partial charge in [-0.25, -0.2) is 13.1 Å². The van der Waals surface area contributed by atoms with Gasteiger partial charge in [-0.2, -0.15) is 0 Å². The fourth-order valence-corrected chi connectivity index (χ4v) is 4.45. The maximum Gasteiger partial charge on any atom is 0.250 e. The van der Waals surface area contributed by atoms with Crippen molar-refractivity contribution in [2.24, 2.45) is 0 Å². The largest absolute Gasteiger partial charge is 0.313 e. The number of rotatable bonds is 8. The van der Waals surface area contributed by atoms with Gasteiger partial charge >= 0.3 is 0 Å². The Labute approximate surface area is 127 Å². The molecule has 2 aromatic rings.